The third kappa shape index (κ3) is 3.01. The smallest absolute Gasteiger partial charge is 0.204 e. The average Bonchev–Trinajstić information content (AvgIpc) is 2.54. The van der Waals surface area contributed by atoms with Crippen LogP contribution < -0.4 is 0 Å². The molecule has 3 nitrogen and oxygen atoms in total. The van der Waals surface area contributed by atoms with Gasteiger partial charge >= 0.3 is 0 Å². The minimum absolute atomic E-state index is 0.0527. The van der Waals surface area contributed by atoms with E-state index in [9.17, 15) is 4.79 Å². The van der Waals surface area contributed by atoms with Crippen molar-refractivity contribution in [1.82, 2.24) is 9.80 Å². The van der Waals surface area contributed by atoms with Crippen molar-refractivity contribution < 1.29 is 4.79 Å². The molecule has 0 aliphatic carbocycles. The molecule has 0 amide bonds. The van der Waals surface area contributed by atoms with E-state index in [-0.39, 0.29) is 15.9 Å². The molecule has 0 radical (unpaired) electrons. The van der Waals surface area contributed by atoms with Gasteiger partial charge in [0.25, 0.3) is 0 Å². The first-order chi connectivity index (χ1) is 8.55. The summed E-state index contributed by atoms with van der Waals surface area (Å²) in [7, 11) is 0. The summed E-state index contributed by atoms with van der Waals surface area (Å²) in [6, 6.07) is 0. The maximum Gasteiger partial charge on any atom is 0.204 e. The average molecular weight is 284 g/mol. The molecule has 2 fully saturated rings. The van der Waals surface area contributed by atoms with Gasteiger partial charge in [-0.2, -0.15) is 0 Å². The molecule has 1 spiro atoms. The summed E-state index contributed by atoms with van der Waals surface area (Å²) in [5.41, 5.74) is 0.310. The highest BCUT2D eigenvalue weighted by Gasteiger charge is 2.52. The lowest BCUT2D eigenvalue weighted by atomic mass is 9.93. The van der Waals surface area contributed by atoms with Crippen molar-refractivity contribution in [2.75, 3.05) is 19.6 Å². The zero-order chi connectivity index (χ0) is 14.5. The minimum atomic E-state index is 0.0527. The van der Waals surface area contributed by atoms with Crippen LogP contribution in [-0.2, 0) is 4.79 Å². The predicted octanol–water partition coefficient (Wildman–Crippen LogP) is 2.95. The largest absolute Gasteiger partial charge is 0.298 e. The summed E-state index contributed by atoms with van der Waals surface area (Å²) in [4.78, 5) is 17.0. The van der Waals surface area contributed by atoms with Gasteiger partial charge in [-0.1, -0.05) is 11.8 Å². The zero-order valence-electron chi connectivity index (χ0n) is 13.2. The molecule has 0 aromatic heterocycles. The van der Waals surface area contributed by atoms with Gasteiger partial charge < -0.3 is 0 Å². The van der Waals surface area contributed by atoms with Crippen molar-refractivity contribution in [3.05, 3.63) is 0 Å². The summed E-state index contributed by atoms with van der Waals surface area (Å²) in [6.45, 7) is 16.3. The highest BCUT2D eigenvalue weighted by molar-refractivity contribution is 8.15. The van der Waals surface area contributed by atoms with Gasteiger partial charge in [-0.25, -0.2) is 0 Å². The molecular formula is C15H28N2OS. The first-order valence-corrected chi connectivity index (χ1v) is 8.11. The normalized spacial score (nSPS) is 26.3. The lowest BCUT2D eigenvalue weighted by Gasteiger charge is -2.51. The third-order valence-corrected chi connectivity index (χ3v) is 5.75. The number of thioether (sulfide) groups is 1. The van der Waals surface area contributed by atoms with Crippen LogP contribution in [0.15, 0.2) is 0 Å². The molecule has 2 aliphatic rings. The molecule has 0 aromatic carbocycles. The minimum Gasteiger partial charge on any atom is -0.298 e. The number of carbonyl (C=O) groups excluding carboxylic acids is 1. The molecule has 4 heteroatoms. The van der Waals surface area contributed by atoms with Gasteiger partial charge in [0.15, 0.2) is 0 Å². The van der Waals surface area contributed by atoms with E-state index in [0.29, 0.717) is 11.7 Å². The highest BCUT2D eigenvalue weighted by atomic mass is 32.2. The number of carbonyl (C=O) groups is 1. The Morgan fingerprint density at radius 2 is 1.53 bits per heavy atom. The van der Waals surface area contributed by atoms with Crippen LogP contribution in [0, 0.1) is 0 Å². The summed E-state index contributed by atoms with van der Waals surface area (Å²) < 4.78 is 0. The summed E-state index contributed by atoms with van der Waals surface area (Å²) in [5.74, 6) is 0. The van der Waals surface area contributed by atoms with Crippen LogP contribution in [0.1, 0.15) is 54.4 Å². The molecule has 19 heavy (non-hydrogen) atoms. The Morgan fingerprint density at radius 1 is 1.00 bits per heavy atom. The van der Waals surface area contributed by atoms with E-state index < -0.39 is 0 Å². The van der Waals surface area contributed by atoms with Crippen LogP contribution in [0.3, 0.4) is 0 Å². The number of piperidine rings is 1. The van der Waals surface area contributed by atoms with Gasteiger partial charge in [-0.15, -0.1) is 0 Å². The zero-order valence-corrected chi connectivity index (χ0v) is 14.1. The molecule has 0 bridgehead atoms. The van der Waals surface area contributed by atoms with Gasteiger partial charge in [-0.3, -0.25) is 14.6 Å². The van der Waals surface area contributed by atoms with Crippen molar-refractivity contribution in [3.8, 4) is 0 Å². The van der Waals surface area contributed by atoms with E-state index in [1.54, 1.807) is 11.8 Å². The van der Waals surface area contributed by atoms with Gasteiger partial charge in [0.2, 0.25) is 5.12 Å². The highest BCUT2D eigenvalue weighted by Crippen LogP contribution is 2.48. The van der Waals surface area contributed by atoms with E-state index in [0.717, 1.165) is 25.9 Å². The van der Waals surface area contributed by atoms with Gasteiger partial charge in [0, 0.05) is 24.2 Å². The van der Waals surface area contributed by atoms with Crippen LogP contribution in [0.5, 0.6) is 0 Å². The van der Waals surface area contributed by atoms with Crippen LogP contribution in [0.4, 0.5) is 0 Å². The first kappa shape index (κ1) is 15.3. The number of nitrogens with zero attached hydrogens (tertiary/aromatic N) is 2. The Morgan fingerprint density at radius 3 is 1.95 bits per heavy atom. The fraction of sp³-hybridized carbons (Fsp3) is 0.933. The van der Waals surface area contributed by atoms with Crippen LogP contribution >= 0.6 is 11.8 Å². The second-order valence-electron chi connectivity index (χ2n) is 7.84. The fourth-order valence-corrected chi connectivity index (χ4v) is 4.77. The number of hydrogen-bond acceptors (Lipinski definition) is 4. The molecular weight excluding hydrogens is 256 g/mol. The van der Waals surface area contributed by atoms with E-state index in [2.05, 4.69) is 51.3 Å². The Bertz CT molecular complexity index is 359. The Labute approximate surface area is 122 Å². The predicted molar refractivity (Wildman–Crippen MR) is 82.3 cm³/mol. The van der Waals surface area contributed by atoms with Crippen LogP contribution in [0.2, 0.25) is 0 Å². The van der Waals surface area contributed by atoms with Crippen molar-refractivity contribution >= 4 is 16.9 Å². The van der Waals surface area contributed by atoms with Crippen LogP contribution in [-0.4, -0.2) is 50.5 Å². The van der Waals surface area contributed by atoms with E-state index >= 15 is 0 Å². The lowest BCUT2D eigenvalue weighted by molar-refractivity contribution is -0.112. The molecule has 2 rings (SSSR count). The van der Waals surface area contributed by atoms with E-state index in [1.807, 2.05) is 0 Å². The molecule has 0 aromatic rings. The topological polar surface area (TPSA) is 23.6 Å². The Balaban J connectivity index is 2.14. The van der Waals surface area contributed by atoms with Crippen molar-refractivity contribution in [2.45, 2.75) is 70.3 Å². The monoisotopic (exact) mass is 284 g/mol. The van der Waals surface area contributed by atoms with Crippen molar-refractivity contribution in [1.29, 1.82) is 0 Å². The van der Waals surface area contributed by atoms with Crippen molar-refractivity contribution in [2.24, 2.45) is 0 Å². The summed E-state index contributed by atoms with van der Waals surface area (Å²) in [5, 5.41) is 0.346. The van der Waals surface area contributed by atoms with Crippen molar-refractivity contribution in [3.63, 3.8) is 0 Å². The maximum absolute atomic E-state index is 12.0. The number of rotatable bonds is 0. The SMILES string of the molecule is CC(C)(C)N1CCC2(CC1)SC(=O)CN2C(C)(C)C. The number of likely N-dealkylation sites (tertiary alicyclic amines) is 1. The van der Waals surface area contributed by atoms with Crippen LogP contribution in [0.25, 0.3) is 0 Å². The molecule has 2 aliphatic heterocycles. The third-order valence-electron chi connectivity index (χ3n) is 4.39. The maximum atomic E-state index is 12.0. The molecule has 0 atom stereocenters. The van der Waals surface area contributed by atoms with Gasteiger partial charge in [0.1, 0.15) is 0 Å². The fourth-order valence-electron chi connectivity index (χ4n) is 3.32. The molecule has 0 saturated carbocycles. The lowest BCUT2D eigenvalue weighted by Crippen LogP contribution is -2.59. The molecule has 110 valence electrons. The second-order valence-corrected chi connectivity index (χ2v) is 9.25. The van der Waals surface area contributed by atoms with E-state index in [4.69, 9.17) is 0 Å². The second kappa shape index (κ2) is 4.74. The summed E-state index contributed by atoms with van der Waals surface area (Å²) in [6.07, 6.45) is 2.19. The molecule has 0 unspecified atom stereocenters. The Hall–Kier alpha value is -0.0600. The quantitative estimate of drug-likeness (QED) is 0.682. The van der Waals surface area contributed by atoms with Gasteiger partial charge in [-0.05, 0) is 54.4 Å². The Kier molecular flexibility index (Phi) is 3.83. The van der Waals surface area contributed by atoms with Gasteiger partial charge in [0.05, 0.1) is 11.4 Å². The molecule has 2 saturated heterocycles. The summed E-state index contributed by atoms with van der Waals surface area (Å²) >= 11 is 1.60. The standard InChI is InChI=1S/C15H28N2OS/c1-13(2,3)16-9-7-15(8-10-16)17(14(4,5)6)11-12(18)19-15/h7-11H2,1-6H3. The number of hydrogen-bond donors (Lipinski definition) is 0. The molecule has 0 N–H and O–H groups in total. The molecule has 2 heterocycles. The van der Waals surface area contributed by atoms with E-state index in [1.165, 1.54) is 0 Å². The first-order valence-electron chi connectivity index (χ1n) is 7.29.